The van der Waals surface area contributed by atoms with Crippen molar-refractivity contribution in [2.45, 2.75) is 11.4 Å². The largest absolute Gasteiger partial charge is 0.482 e. The molecule has 1 aromatic carbocycles. The lowest BCUT2D eigenvalue weighted by atomic mass is 8.96. The van der Waals surface area contributed by atoms with Gasteiger partial charge in [0.25, 0.3) is 17.7 Å². The molecule has 2 aromatic heterocycles. The Kier molecular flexibility index (Phi) is 3.44. The number of hydrogen-bond donors (Lipinski definition) is 3. The zero-order valence-corrected chi connectivity index (χ0v) is 20.2. The summed E-state index contributed by atoms with van der Waals surface area (Å²) in [5.41, 5.74) is 2.45. The van der Waals surface area contributed by atoms with E-state index in [0.717, 1.165) is 5.56 Å². The van der Waals surface area contributed by atoms with Crippen LogP contribution in [-0.4, -0.2) is 50.3 Å². The van der Waals surface area contributed by atoms with E-state index in [-0.39, 0.29) is 46.6 Å². The average Bonchev–Trinajstić information content (AvgIpc) is 3.39. The zero-order valence-electron chi connectivity index (χ0n) is 19.4. The highest BCUT2D eigenvalue weighted by Crippen LogP contribution is 3.08. The number of benzene rings is 1. The monoisotopic (exact) mass is 516 g/mol. The molecule has 11 heteroatoms. The number of carbonyl (C=O) groups excluding carboxylic acids is 3. The lowest BCUT2D eigenvalue weighted by Gasteiger charge is -3.10. The van der Waals surface area contributed by atoms with Crippen molar-refractivity contribution in [3.63, 3.8) is 0 Å². The number of aromatic nitrogens is 3. The van der Waals surface area contributed by atoms with Gasteiger partial charge in [-0.05, 0) is 58.6 Å². The molecule has 0 spiro atoms. The molecule has 10 nitrogen and oxygen atoms in total. The summed E-state index contributed by atoms with van der Waals surface area (Å²) in [6, 6.07) is 8.48. The summed E-state index contributed by atoms with van der Waals surface area (Å²) in [5, 5.41) is 13.0. The molecule has 37 heavy (non-hydrogen) atoms. The van der Waals surface area contributed by atoms with Crippen LogP contribution in [-0.2, 0) is 11.3 Å². The molecule has 3 aromatic rings. The third kappa shape index (κ3) is 2.09. The first kappa shape index (κ1) is 20.4. The Labute approximate surface area is 215 Å². The van der Waals surface area contributed by atoms with Gasteiger partial charge in [0.05, 0.1) is 16.8 Å². The van der Waals surface area contributed by atoms with Crippen LogP contribution in [0, 0.1) is 40.9 Å². The van der Waals surface area contributed by atoms with E-state index in [1.165, 1.54) is 10.6 Å². The van der Waals surface area contributed by atoms with Crippen LogP contribution in [0.25, 0.3) is 5.65 Å². The van der Waals surface area contributed by atoms with Crippen LogP contribution in [0.1, 0.15) is 26.5 Å². The van der Waals surface area contributed by atoms with Crippen molar-refractivity contribution in [1.82, 2.24) is 25.2 Å². The summed E-state index contributed by atoms with van der Waals surface area (Å²) in [6.07, 6.45) is 1.56. The molecular formula is C26H21ClN6O4. The van der Waals surface area contributed by atoms with Gasteiger partial charge in [-0.3, -0.25) is 14.4 Å². The first-order chi connectivity index (χ1) is 17.9. The van der Waals surface area contributed by atoms with Crippen LogP contribution in [0.2, 0.25) is 0 Å². The Morgan fingerprint density at radius 1 is 1.08 bits per heavy atom. The molecule has 6 fully saturated rings. The van der Waals surface area contributed by atoms with E-state index >= 15 is 0 Å². The first-order valence-electron chi connectivity index (χ1n) is 12.6. The molecule has 6 aliphatic carbocycles. The van der Waals surface area contributed by atoms with Gasteiger partial charge in [0.2, 0.25) is 0 Å². The van der Waals surface area contributed by atoms with Crippen molar-refractivity contribution < 1.29 is 19.1 Å². The lowest BCUT2D eigenvalue weighted by Crippen LogP contribution is -3.12. The third-order valence-electron chi connectivity index (χ3n) is 10.2. The number of fused-ring (bicyclic) bond motifs is 2. The minimum absolute atomic E-state index is 0.0138. The van der Waals surface area contributed by atoms with Crippen molar-refractivity contribution >= 4 is 40.7 Å². The fraction of sp³-hybridized carbons (Fsp3) is 0.423. The van der Waals surface area contributed by atoms with Crippen molar-refractivity contribution in [2.75, 3.05) is 18.5 Å². The Bertz CT molecular complexity index is 1560. The summed E-state index contributed by atoms with van der Waals surface area (Å²) in [6.45, 7) is 0.863. The lowest BCUT2D eigenvalue weighted by molar-refractivity contribution is -0.596. The molecule has 0 atom stereocenters. The molecule has 0 saturated heterocycles. The van der Waals surface area contributed by atoms with E-state index in [4.69, 9.17) is 16.3 Å². The number of carbonyl (C=O) groups is 3. The molecular weight excluding hydrogens is 496 g/mol. The van der Waals surface area contributed by atoms with E-state index in [9.17, 15) is 14.4 Å². The predicted octanol–water partition coefficient (Wildman–Crippen LogP) is 1.45. The van der Waals surface area contributed by atoms with Gasteiger partial charge in [0.1, 0.15) is 17.1 Å². The predicted molar refractivity (Wildman–Crippen MR) is 129 cm³/mol. The smallest absolute Gasteiger partial charge is 0.270 e. The summed E-state index contributed by atoms with van der Waals surface area (Å²) >= 11 is 6.74. The topological polar surface area (TPSA) is 127 Å². The molecule has 3 amide bonds. The van der Waals surface area contributed by atoms with Gasteiger partial charge < -0.3 is 20.7 Å². The maximum atomic E-state index is 13.3. The van der Waals surface area contributed by atoms with Crippen LogP contribution in [0.4, 0.5) is 5.69 Å². The maximum absolute atomic E-state index is 13.3. The molecule has 3 N–H and O–H groups in total. The number of nitrogens with zero attached hydrogens (tertiary/aromatic N) is 3. The molecule has 1 aliphatic heterocycles. The van der Waals surface area contributed by atoms with Crippen molar-refractivity contribution in [3.8, 4) is 5.75 Å². The van der Waals surface area contributed by atoms with Gasteiger partial charge in [-0.2, -0.15) is 5.10 Å². The van der Waals surface area contributed by atoms with E-state index in [0.29, 0.717) is 59.1 Å². The summed E-state index contributed by atoms with van der Waals surface area (Å²) in [7, 11) is 0. The normalized spacial score (nSPS) is 37.8. The molecule has 186 valence electrons. The fourth-order valence-corrected chi connectivity index (χ4v) is 9.82. The summed E-state index contributed by atoms with van der Waals surface area (Å²) in [4.78, 5) is 42.4. The van der Waals surface area contributed by atoms with Gasteiger partial charge in [-0.15, -0.1) is 11.6 Å². The highest BCUT2D eigenvalue weighted by atomic mass is 35.5. The van der Waals surface area contributed by atoms with Gasteiger partial charge in [-0.1, -0.05) is 6.07 Å². The number of rotatable bonds is 6. The summed E-state index contributed by atoms with van der Waals surface area (Å²) < 4.78 is 6.84. The molecule has 10 rings (SSSR count). The standard InChI is InChI=1S/C26H21ClN6O4/c27-26-20-17-21(26)19-22(26)18(20)25(17,19)9-29-24(36)13-6-12(31-15-3-4-30-33(13)15)23(35)28-7-10-1-2-14-11(5-10)32-16(34)8-37-14/h1-6,17-22H,7-9H2,(H,28,35)(H,29,36)(H,32,34). The zero-order chi connectivity index (χ0) is 24.8. The second-order valence-electron chi connectivity index (χ2n) is 11.3. The number of ether oxygens (including phenoxy) is 1. The molecule has 6 saturated carbocycles. The Morgan fingerprint density at radius 3 is 2.65 bits per heavy atom. The highest BCUT2D eigenvalue weighted by Gasteiger charge is 3.09. The molecule has 0 radical (unpaired) electrons. The second-order valence-corrected chi connectivity index (χ2v) is 11.9. The number of halogens is 1. The SMILES string of the molecule is O=C1COc2ccc(CNC(=O)c3cc(C(=O)NCC45C6C7C4C4C5C6C74Cl)n4nccc4n3)cc2N1. The number of nitrogens with one attached hydrogen (secondary N) is 3. The van der Waals surface area contributed by atoms with Crippen molar-refractivity contribution in [3.05, 3.63) is 53.5 Å². The first-order valence-corrected chi connectivity index (χ1v) is 13.0. The van der Waals surface area contributed by atoms with Crippen LogP contribution in [0.5, 0.6) is 5.75 Å². The van der Waals surface area contributed by atoms with Crippen LogP contribution in [0.3, 0.4) is 0 Å². The van der Waals surface area contributed by atoms with E-state index in [1.54, 1.807) is 24.4 Å². The van der Waals surface area contributed by atoms with Gasteiger partial charge >= 0.3 is 0 Å². The maximum Gasteiger partial charge on any atom is 0.270 e. The molecule has 3 heterocycles. The van der Waals surface area contributed by atoms with E-state index in [2.05, 4.69) is 26.0 Å². The highest BCUT2D eigenvalue weighted by molar-refractivity contribution is 6.28. The molecule has 0 unspecified atom stereocenters. The fourth-order valence-electron chi connectivity index (χ4n) is 9.00. The van der Waals surface area contributed by atoms with Crippen molar-refractivity contribution in [1.29, 1.82) is 0 Å². The Balaban J connectivity index is 0.917. The average molecular weight is 517 g/mol. The number of anilines is 1. The van der Waals surface area contributed by atoms with E-state index < -0.39 is 5.91 Å². The van der Waals surface area contributed by atoms with E-state index in [1.807, 2.05) is 6.07 Å². The van der Waals surface area contributed by atoms with Gasteiger partial charge in [0.15, 0.2) is 12.3 Å². The second kappa shape index (κ2) is 6.24. The third-order valence-corrected chi connectivity index (χ3v) is 11.0. The summed E-state index contributed by atoms with van der Waals surface area (Å²) in [5.74, 6) is 3.81. The quantitative estimate of drug-likeness (QED) is 0.426. The Morgan fingerprint density at radius 2 is 1.86 bits per heavy atom. The number of alkyl halides is 1. The molecule has 0 bridgehead atoms. The van der Waals surface area contributed by atoms with Crippen LogP contribution in [0.15, 0.2) is 36.5 Å². The van der Waals surface area contributed by atoms with Gasteiger partial charge in [0, 0.05) is 25.2 Å². The Hall–Kier alpha value is -3.66. The number of amides is 3. The van der Waals surface area contributed by atoms with Crippen LogP contribution >= 0.6 is 11.6 Å². The van der Waals surface area contributed by atoms with Crippen molar-refractivity contribution in [2.24, 2.45) is 40.9 Å². The van der Waals surface area contributed by atoms with Gasteiger partial charge in [-0.25, -0.2) is 9.50 Å². The number of hydrogen-bond acceptors (Lipinski definition) is 6. The minimum atomic E-state index is -0.413. The van der Waals surface area contributed by atoms with Crippen LogP contribution < -0.4 is 20.7 Å². The minimum Gasteiger partial charge on any atom is -0.482 e. The molecule has 7 aliphatic rings.